The first-order valence-corrected chi connectivity index (χ1v) is 6.36. The van der Waals surface area contributed by atoms with Crippen molar-refractivity contribution in [3.05, 3.63) is 36.0 Å². The Bertz CT molecular complexity index is 617. The van der Waals surface area contributed by atoms with Crippen LogP contribution >= 0.6 is 0 Å². The van der Waals surface area contributed by atoms with Gasteiger partial charge in [-0.05, 0) is 43.9 Å². The van der Waals surface area contributed by atoms with Gasteiger partial charge in [0.25, 0.3) is 0 Å². The third-order valence-electron chi connectivity index (χ3n) is 3.67. The molecule has 3 nitrogen and oxygen atoms in total. The monoisotopic (exact) mass is 263 g/mol. The van der Waals surface area contributed by atoms with E-state index in [9.17, 15) is 8.78 Å². The molecule has 0 amide bonds. The van der Waals surface area contributed by atoms with Crippen molar-refractivity contribution in [2.24, 2.45) is 5.92 Å². The summed E-state index contributed by atoms with van der Waals surface area (Å²) in [6.45, 7) is 2.07. The van der Waals surface area contributed by atoms with Crippen molar-refractivity contribution in [3.8, 4) is 11.3 Å². The highest BCUT2D eigenvalue weighted by atomic mass is 19.1. The highest BCUT2D eigenvalue weighted by Crippen LogP contribution is 2.40. The molecule has 0 aliphatic heterocycles. The quantitative estimate of drug-likeness (QED) is 0.922. The molecule has 1 aromatic carbocycles. The van der Waals surface area contributed by atoms with Gasteiger partial charge >= 0.3 is 0 Å². The zero-order chi connectivity index (χ0) is 13.6. The van der Waals surface area contributed by atoms with E-state index >= 15 is 0 Å². The minimum Gasteiger partial charge on any atom is -0.396 e. The van der Waals surface area contributed by atoms with Crippen LogP contribution < -0.4 is 5.73 Å². The fourth-order valence-corrected chi connectivity index (χ4v) is 2.30. The average Bonchev–Trinajstić information content (AvgIpc) is 3.15. The van der Waals surface area contributed by atoms with Crippen molar-refractivity contribution >= 4 is 5.69 Å². The molecule has 1 fully saturated rings. The lowest BCUT2D eigenvalue weighted by molar-refractivity contribution is 0.441. The van der Waals surface area contributed by atoms with Crippen molar-refractivity contribution in [1.82, 2.24) is 9.78 Å². The van der Waals surface area contributed by atoms with E-state index in [-0.39, 0.29) is 11.6 Å². The van der Waals surface area contributed by atoms with Crippen LogP contribution in [0.4, 0.5) is 14.5 Å². The number of hydrogen-bond acceptors (Lipinski definition) is 2. The summed E-state index contributed by atoms with van der Waals surface area (Å²) in [6.07, 6.45) is 4.07. The van der Waals surface area contributed by atoms with E-state index < -0.39 is 11.6 Å². The standard InChI is InChI=1S/C14H15F2N3/c1-8(9-2-3-9)19-7-13(17)14(18-19)11-6-10(15)4-5-12(11)16/h4-9H,2-3,17H2,1H3. The molecule has 0 radical (unpaired) electrons. The molecule has 1 aromatic heterocycles. The van der Waals surface area contributed by atoms with Crippen LogP contribution in [0.15, 0.2) is 24.4 Å². The Kier molecular flexibility index (Phi) is 2.77. The van der Waals surface area contributed by atoms with E-state index in [2.05, 4.69) is 12.0 Å². The summed E-state index contributed by atoms with van der Waals surface area (Å²) in [4.78, 5) is 0. The summed E-state index contributed by atoms with van der Waals surface area (Å²) < 4.78 is 28.7. The number of halogens is 2. The minimum atomic E-state index is -0.516. The number of nitrogen functional groups attached to an aromatic ring is 1. The predicted octanol–water partition coefficient (Wildman–Crippen LogP) is 3.38. The summed E-state index contributed by atoms with van der Waals surface area (Å²) in [6, 6.07) is 3.54. The summed E-state index contributed by atoms with van der Waals surface area (Å²) in [5, 5.41) is 4.33. The second-order valence-electron chi connectivity index (χ2n) is 5.12. The van der Waals surface area contributed by atoms with E-state index in [1.807, 2.05) is 0 Å². The molecule has 2 N–H and O–H groups in total. The molecular formula is C14H15F2N3. The van der Waals surface area contributed by atoms with E-state index in [0.717, 1.165) is 18.2 Å². The van der Waals surface area contributed by atoms with Crippen LogP contribution in [-0.2, 0) is 0 Å². The molecule has 1 atom stereocenters. The summed E-state index contributed by atoms with van der Waals surface area (Å²) >= 11 is 0. The Balaban J connectivity index is 2.02. The van der Waals surface area contributed by atoms with Gasteiger partial charge in [-0.15, -0.1) is 0 Å². The maximum atomic E-state index is 13.7. The Morgan fingerprint density at radius 2 is 2.11 bits per heavy atom. The number of hydrogen-bond donors (Lipinski definition) is 1. The van der Waals surface area contributed by atoms with Gasteiger partial charge in [-0.1, -0.05) is 0 Å². The van der Waals surface area contributed by atoms with Crippen LogP contribution in [0.3, 0.4) is 0 Å². The van der Waals surface area contributed by atoms with E-state index in [1.165, 1.54) is 12.8 Å². The fourth-order valence-electron chi connectivity index (χ4n) is 2.30. The highest BCUT2D eigenvalue weighted by molar-refractivity contribution is 5.72. The molecule has 1 aliphatic carbocycles. The van der Waals surface area contributed by atoms with Crippen molar-refractivity contribution in [3.63, 3.8) is 0 Å². The minimum absolute atomic E-state index is 0.110. The van der Waals surface area contributed by atoms with Gasteiger partial charge in [0.2, 0.25) is 0 Å². The van der Waals surface area contributed by atoms with Gasteiger partial charge in [0.05, 0.1) is 11.7 Å². The molecule has 100 valence electrons. The van der Waals surface area contributed by atoms with Gasteiger partial charge in [0.1, 0.15) is 17.3 Å². The molecule has 0 spiro atoms. The first kappa shape index (κ1) is 12.1. The molecule has 2 aromatic rings. The van der Waals surface area contributed by atoms with Gasteiger partial charge in [-0.25, -0.2) is 8.78 Å². The molecule has 3 rings (SSSR count). The van der Waals surface area contributed by atoms with Crippen molar-refractivity contribution < 1.29 is 8.78 Å². The van der Waals surface area contributed by atoms with E-state index in [0.29, 0.717) is 17.3 Å². The number of aromatic nitrogens is 2. The Hall–Kier alpha value is -1.91. The van der Waals surface area contributed by atoms with Crippen molar-refractivity contribution in [2.45, 2.75) is 25.8 Å². The number of benzene rings is 1. The summed E-state index contributed by atoms with van der Waals surface area (Å²) in [5.41, 5.74) is 6.67. The van der Waals surface area contributed by atoms with Crippen molar-refractivity contribution in [1.29, 1.82) is 0 Å². The van der Waals surface area contributed by atoms with Gasteiger partial charge in [0.15, 0.2) is 0 Å². The molecule has 19 heavy (non-hydrogen) atoms. The van der Waals surface area contributed by atoms with E-state index in [4.69, 9.17) is 5.73 Å². The van der Waals surface area contributed by atoms with Gasteiger partial charge in [-0.3, -0.25) is 4.68 Å². The predicted molar refractivity (Wildman–Crippen MR) is 69.4 cm³/mol. The maximum Gasteiger partial charge on any atom is 0.132 e. The average molecular weight is 263 g/mol. The zero-order valence-corrected chi connectivity index (χ0v) is 10.6. The smallest absolute Gasteiger partial charge is 0.132 e. The van der Waals surface area contributed by atoms with Crippen LogP contribution in [-0.4, -0.2) is 9.78 Å². The molecule has 0 bridgehead atoms. The maximum absolute atomic E-state index is 13.7. The van der Waals surface area contributed by atoms with Gasteiger partial charge in [-0.2, -0.15) is 5.10 Å². The summed E-state index contributed by atoms with van der Waals surface area (Å²) in [5.74, 6) is -0.400. The van der Waals surface area contributed by atoms with Crippen LogP contribution in [0.2, 0.25) is 0 Å². The molecule has 1 aliphatic rings. The molecule has 1 heterocycles. The SMILES string of the molecule is CC(C1CC1)n1cc(N)c(-c2cc(F)ccc2F)n1. The normalized spacial score (nSPS) is 16.6. The number of rotatable bonds is 3. The first-order chi connectivity index (χ1) is 9.06. The van der Waals surface area contributed by atoms with Crippen LogP contribution in [0.1, 0.15) is 25.8 Å². The Morgan fingerprint density at radius 1 is 1.37 bits per heavy atom. The first-order valence-electron chi connectivity index (χ1n) is 6.36. The van der Waals surface area contributed by atoms with Gasteiger partial charge < -0.3 is 5.73 Å². The second kappa shape index (κ2) is 4.33. The number of nitrogens with zero attached hydrogens (tertiary/aromatic N) is 2. The highest BCUT2D eigenvalue weighted by Gasteiger charge is 2.30. The Labute approximate surface area is 110 Å². The second-order valence-corrected chi connectivity index (χ2v) is 5.12. The lowest BCUT2D eigenvalue weighted by atomic mass is 10.1. The topological polar surface area (TPSA) is 43.8 Å². The Morgan fingerprint density at radius 3 is 2.79 bits per heavy atom. The molecule has 0 saturated heterocycles. The summed E-state index contributed by atoms with van der Waals surface area (Å²) in [7, 11) is 0. The van der Waals surface area contributed by atoms with E-state index in [1.54, 1.807) is 10.9 Å². The largest absolute Gasteiger partial charge is 0.396 e. The lowest BCUT2D eigenvalue weighted by Gasteiger charge is -2.09. The van der Waals surface area contributed by atoms with Crippen molar-refractivity contribution in [2.75, 3.05) is 5.73 Å². The lowest BCUT2D eigenvalue weighted by Crippen LogP contribution is -2.07. The molecule has 5 heteroatoms. The number of nitrogens with two attached hydrogens (primary N) is 1. The molecule has 1 unspecified atom stereocenters. The zero-order valence-electron chi connectivity index (χ0n) is 10.6. The third kappa shape index (κ3) is 2.20. The fraction of sp³-hybridized carbons (Fsp3) is 0.357. The van der Waals surface area contributed by atoms with Crippen LogP contribution in [0.25, 0.3) is 11.3 Å². The molecular weight excluding hydrogens is 248 g/mol. The van der Waals surface area contributed by atoms with Crippen LogP contribution in [0, 0.1) is 17.6 Å². The molecule has 1 saturated carbocycles. The van der Waals surface area contributed by atoms with Gasteiger partial charge in [0, 0.05) is 11.8 Å². The van der Waals surface area contributed by atoms with Crippen LogP contribution in [0.5, 0.6) is 0 Å². The third-order valence-corrected chi connectivity index (χ3v) is 3.67. The number of anilines is 1.